The van der Waals surface area contributed by atoms with Crippen LogP contribution in [0.2, 0.25) is 0 Å². The van der Waals surface area contributed by atoms with Crippen LogP contribution in [-0.2, 0) is 14.3 Å². The Kier molecular flexibility index (Phi) is 10.0. The zero-order chi connectivity index (χ0) is 15.5. The van der Waals surface area contributed by atoms with Crippen molar-refractivity contribution in [3.05, 3.63) is 0 Å². The molecule has 0 aromatic carbocycles. The van der Waals surface area contributed by atoms with E-state index in [2.05, 4.69) is 24.1 Å². The highest BCUT2D eigenvalue weighted by molar-refractivity contribution is 8.77. The summed E-state index contributed by atoms with van der Waals surface area (Å²) in [5, 5.41) is 2.70. The summed E-state index contributed by atoms with van der Waals surface area (Å²) in [4.78, 5) is 11.5. The van der Waals surface area contributed by atoms with Crippen molar-refractivity contribution in [3.63, 3.8) is 0 Å². The molecule has 120 valence electrons. The van der Waals surface area contributed by atoms with Gasteiger partial charge in [-0.2, -0.15) is 0 Å². The van der Waals surface area contributed by atoms with Gasteiger partial charge in [-0.15, -0.1) is 0 Å². The lowest BCUT2D eigenvalue weighted by atomic mass is 10.1. The average Bonchev–Trinajstić information content (AvgIpc) is 2.45. The first kappa shape index (κ1) is 18.7. The molecule has 0 radical (unpaired) electrons. The van der Waals surface area contributed by atoms with Crippen molar-refractivity contribution < 1.29 is 14.3 Å². The van der Waals surface area contributed by atoms with E-state index >= 15 is 0 Å². The first-order valence-corrected chi connectivity index (χ1v) is 9.70. The number of rotatable bonds is 7. The molecule has 1 N–H and O–H groups in total. The molecule has 0 bridgehead atoms. The van der Waals surface area contributed by atoms with E-state index in [1.54, 1.807) is 10.8 Å². The molecule has 2 atom stereocenters. The SMILES string of the molecule is CC(C)C#CCNC(=O)COCCOC1SSCCC1C. The van der Waals surface area contributed by atoms with Gasteiger partial charge < -0.3 is 14.8 Å². The zero-order valence-corrected chi connectivity index (χ0v) is 14.6. The van der Waals surface area contributed by atoms with Crippen LogP contribution in [-0.4, -0.2) is 43.5 Å². The Bertz CT molecular complexity index is 366. The van der Waals surface area contributed by atoms with Crippen LogP contribution >= 0.6 is 21.6 Å². The fourth-order valence-corrected chi connectivity index (χ4v) is 4.50. The lowest BCUT2D eigenvalue weighted by molar-refractivity contribution is -0.126. The van der Waals surface area contributed by atoms with E-state index in [-0.39, 0.29) is 18.0 Å². The third-order valence-corrected chi connectivity index (χ3v) is 5.60. The second-order valence-corrected chi connectivity index (χ2v) is 7.81. The van der Waals surface area contributed by atoms with E-state index in [1.807, 2.05) is 24.6 Å². The van der Waals surface area contributed by atoms with E-state index in [0.29, 0.717) is 31.6 Å². The fourth-order valence-electron chi connectivity index (χ4n) is 1.61. The maximum Gasteiger partial charge on any atom is 0.246 e. The molecule has 0 saturated carbocycles. The molecule has 0 aliphatic carbocycles. The van der Waals surface area contributed by atoms with Gasteiger partial charge in [0.25, 0.3) is 0 Å². The highest BCUT2D eigenvalue weighted by Crippen LogP contribution is 2.39. The van der Waals surface area contributed by atoms with Crippen LogP contribution in [0, 0.1) is 23.7 Å². The molecule has 6 heteroatoms. The first-order chi connectivity index (χ1) is 10.1. The molecule has 0 spiro atoms. The molecule has 1 aliphatic rings. The van der Waals surface area contributed by atoms with Gasteiger partial charge >= 0.3 is 0 Å². The number of nitrogens with one attached hydrogen (secondary N) is 1. The van der Waals surface area contributed by atoms with Gasteiger partial charge in [-0.1, -0.05) is 54.2 Å². The van der Waals surface area contributed by atoms with Gasteiger partial charge in [0, 0.05) is 11.7 Å². The van der Waals surface area contributed by atoms with E-state index < -0.39 is 0 Å². The van der Waals surface area contributed by atoms with Crippen molar-refractivity contribution in [3.8, 4) is 11.8 Å². The normalized spacial score (nSPS) is 21.7. The summed E-state index contributed by atoms with van der Waals surface area (Å²) in [7, 11) is 3.66. The molecule has 1 fully saturated rings. The highest BCUT2D eigenvalue weighted by Gasteiger charge is 2.22. The van der Waals surface area contributed by atoms with Crippen LogP contribution in [0.25, 0.3) is 0 Å². The summed E-state index contributed by atoms with van der Waals surface area (Å²) in [5.41, 5.74) is 0.243. The Labute approximate surface area is 135 Å². The molecule has 0 aromatic heterocycles. The summed E-state index contributed by atoms with van der Waals surface area (Å²) >= 11 is 0. The van der Waals surface area contributed by atoms with Crippen molar-refractivity contribution in [1.29, 1.82) is 0 Å². The molecule has 21 heavy (non-hydrogen) atoms. The van der Waals surface area contributed by atoms with Crippen molar-refractivity contribution >= 4 is 27.5 Å². The van der Waals surface area contributed by atoms with E-state index in [1.165, 1.54) is 12.2 Å². The van der Waals surface area contributed by atoms with Crippen LogP contribution in [0.1, 0.15) is 27.2 Å². The first-order valence-electron chi connectivity index (χ1n) is 7.32. The van der Waals surface area contributed by atoms with E-state index in [4.69, 9.17) is 9.47 Å². The second kappa shape index (κ2) is 11.2. The van der Waals surface area contributed by atoms with Gasteiger partial charge in [0.1, 0.15) is 12.0 Å². The third-order valence-electron chi connectivity index (χ3n) is 2.79. The van der Waals surface area contributed by atoms with Crippen LogP contribution in [0.4, 0.5) is 0 Å². The number of carbonyl (C=O) groups is 1. The van der Waals surface area contributed by atoms with Gasteiger partial charge in [0.15, 0.2) is 0 Å². The topological polar surface area (TPSA) is 47.6 Å². The fraction of sp³-hybridized carbons (Fsp3) is 0.800. The minimum atomic E-state index is -0.135. The summed E-state index contributed by atoms with van der Waals surface area (Å²) in [6.45, 7) is 7.66. The van der Waals surface area contributed by atoms with Crippen LogP contribution in [0.5, 0.6) is 0 Å². The largest absolute Gasteiger partial charge is 0.369 e. The Morgan fingerprint density at radius 3 is 2.95 bits per heavy atom. The van der Waals surface area contributed by atoms with E-state index in [9.17, 15) is 4.79 Å². The summed E-state index contributed by atoms with van der Waals surface area (Å²) in [6, 6.07) is 0. The van der Waals surface area contributed by atoms with Gasteiger partial charge in [-0.25, -0.2) is 0 Å². The lowest BCUT2D eigenvalue weighted by Crippen LogP contribution is -2.29. The average molecular weight is 332 g/mol. The predicted molar refractivity (Wildman–Crippen MR) is 90.0 cm³/mol. The van der Waals surface area contributed by atoms with Crippen molar-refractivity contribution in [2.45, 2.75) is 32.6 Å². The molecular weight excluding hydrogens is 306 g/mol. The molecule has 1 saturated heterocycles. The molecule has 4 nitrogen and oxygen atoms in total. The monoisotopic (exact) mass is 331 g/mol. The standard InChI is InChI=1S/C15H25NO3S2/c1-12(2)5-4-7-16-14(17)11-18-8-9-19-15-13(3)6-10-20-21-15/h12-13,15H,6-11H2,1-3H3,(H,16,17). The van der Waals surface area contributed by atoms with Crippen LogP contribution in [0.15, 0.2) is 0 Å². The Balaban J connectivity index is 1.98. The Morgan fingerprint density at radius 2 is 2.24 bits per heavy atom. The second-order valence-electron chi connectivity index (χ2n) is 5.23. The number of hydrogen-bond donors (Lipinski definition) is 1. The lowest BCUT2D eigenvalue weighted by Gasteiger charge is -2.27. The van der Waals surface area contributed by atoms with E-state index in [0.717, 1.165) is 0 Å². The van der Waals surface area contributed by atoms with Crippen LogP contribution in [0.3, 0.4) is 0 Å². The molecule has 0 aromatic rings. The zero-order valence-electron chi connectivity index (χ0n) is 13.0. The minimum absolute atomic E-state index is 0.0643. The maximum absolute atomic E-state index is 11.5. The van der Waals surface area contributed by atoms with Gasteiger partial charge in [0.05, 0.1) is 19.8 Å². The van der Waals surface area contributed by atoms with Crippen LogP contribution < -0.4 is 5.32 Å². The number of hydrogen-bond acceptors (Lipinski definition) is 5. The maximum atomic E-state index is 11.5. The molecule has 1 aliphatic heterocycles. The quantitative estimate of drug-likeness (QED) is 0.441. The van der Waals surface area contributed by atoms with Gasteiger partial charge in [-0.05, 0) is 12.3 Å². The van der Waals surface area contributed by atoms with Crippen molar-refractivity contribution in [2.24, 2.45) is 11.8 Å². The van der Waals surface area contributed by atoms with Crippen molar-refractivity contribution in [2.75, 3.05) is 32.1 Å². The van der Waals surface area contributed by atoms with Crippen molar-refractivity contribution in [1.82, 2.24) is 5.32 Å². The summed E-state index contributed by atoms with van der Waals surface area (Å²) in [5.74, 6) is 7.86. The molecule has 1 rings (SSSR count). The summed E-state index contributed by atoms with van der Waals surface area (Å²) in [6.07, 6.45) is 1.20. The Hall–Kier alpha value is -0.350. The summed E-state index contributed by atoms with van der Waals surface area (Å²) < 4.78 is 11.1. The number of carbonyl (C=O) groups excluding carboxylic acids is 1. The molecule has 1 amide bonds. The minimum Gasteiger partial charge on any atom is -0.369 e. The highest BCUT2D eigenvalue weighted by atomic mass is 33.1. The molecule has 2 unspecified atom stereocenters. The third kappa shape index (κ3) is 9.30. The Morgan fingerprint density at radius 1 is 1.43 bits per heavy atom. The number of ether oxygens (including phenoxy) is 2. The predicted octanol–water partition coefficient (Wildman–Crippen LogP) is 2.54. The smallest absolute Gasteiger partial charge is 0.246 e. The van der Waals surface area contributed by atoms with Gasteiger partial charge in [-0.3, -0.25) is 4.79 Å². The number of amides is 1. The van der Waals surface area contributed by atoms with Gasteiger partial charge in [0.2, 0.25) is 5.91 Å². The molecular formula is C15H25NO3S2. The molecule has 1 heterocycles.